The van der Waals surface area contributed by atoms with Gasteiger partial charge in [-0.25, -0.2) is 4.98 Å². The molecule has 2 aromatic carbocycles. The molecular formula is C18H17ClN4O2S. The third-order valence-electron chi connectivity index (χ3n) is 4.51. The van der Waals surface area contributed by atoms with E-state index in [0.717, 1.165) is 53.1 Å². The van der Waals surface area contributed by atoms with E-state index in [-0.39, 0.29) is 10.6 Å². The molecule has 0 spiro atoms. The van der Waals surface area contributed by atoms with Gasteiger partial charge in [0.25, 0.3) is 5.69 Å². The first-order valence-electron chi connectivity index (χ1n) is 8.35. The molecule has 1 aliphatic heterocycles. The molecule has 0 unspecified atom stereocenters. The number of rotatable bonds is 4. The first kappa shape index (κ1) is 17.2. The lowest BCUT2D eigenvalue weighted by Gasteiger charge is -2.34. The van der Waals surface area contributed by atoms with E-state index < -0.39 is 0 Å². The molecule has 26 heavy (non-hydrogen) atoms. The molecule has 0 atom stereocenters. The number of nitro benzene ring substituents is 1. The summed E-state index contributed by atoms with van der Waals surface area (Å²) in [5.41, 5.74) is 2.15. The Balaban J connectivity index is 1.43. The van der Waals surface area contributed by atoms with Crippen molar-refractivity contribution in [2.75, 3.05) is 31.1 Å². The van der Waals surface area contributed by atoms with Gasteiger partial charge in [-0.1, -0.05) is 35.1 Å². The fraction of sp³-hybridized carbons (Fsp3) is 0.278. The van der Waals surface area contributed by atoms with E-state index in [1.54, 1.807) is 12.1 Å². The number of hydrogen-bond donors (Lipinski definition) is 0. The van der Waals surface area contributed by atoms with Crippen molar-refractivity contribution >= 4 is 44.0 Å². The normalized spacial score (nSPS) is 15.5. The van der Waals surface area contributed by atoms with Gasteiger partial charge in [0.2, 0.25) is 0 Å². The molecule has 134 valence electrons. The minimum atomic E-state index is -0.368. The predicted octanol–water partition coefficient (Wildman–Crippen LogP) is 4.18. The van der Waals surface area contributed by atoms with E-state index in [0.29, 0.717) is 0 Å². The Bertz CT molecular complexity index is 953. The number of nitro groups is 1. The van der Waals surface area contributed by atoms with E-state index >= 15 is 0 Å². The summed E-state index contributed by atoms with van der Waals surface area (Å²) in [5, 5.41) is 12.6. The molecule has 1 saturated heterocycles. The van der Waals surface area contributed by atoms with Crippen LogP contribution in [-0.4, -0.2) is 41.0 Å². The maximum atomic E-state index is 10.9. The SMILES string of the molecule is O=[N+]([O-])c1ccc2nc(N3CCN(Cc4cccc(Cl)c4)CC3)sc2c1. The second kappa shape index (κ2) is 7.19. The molecule has 1 aliphatic rings. The molecule has 0 N–H and O–H groups in total. The van der Waals surface area contributed by atoms with Crippen molar-refractivity contribution in [2.24, 2.45) is 0 Å². The number of thiazole rings is 1. The van der Waals surface area contributed by atoms with Gasteiger partial charge in [0, 0.05) is 49.9 Å². The van der Waals surface area contributed by atoms with Crippen LogP contribution in [0, 0.1) is 10.1 Å². The molecule has 0 radical (unpaired) electrons. The largest absolute Gasteiger partial charge is 0.345 e. The second-order valence-corrected chi connectivity index (χ2v) is 7.74. The average Bonchev–Trinajstić information content (AvgIpc) is 3.05. The molecule has 2 heterocycles. The van der Waals surface area contributed by atoms with Gasteiger partial charge in [0.1, 0.15) is 0 Å². The highest BCUT2D eigenvalue weighted by Gasteiger charge is 2.20. The van der Waals surface area contributed by atoms with Gasteiger partial charge in [-0.3, -0.25) is 15.0 Å². The second-order valence-electron chi connectivity index (χ2n) is 6.30. The minimum absolute atomic E-state index is 0.110. The summed E-state index contributed by atoms with van der Waals surface area (Å²) >= 11 is 7.58. The Morgan fingerprint density at radius 3 is 2.69 bits per heavy atom. The monoisotopic (exact) mass is 388 g/mol. The lowest BCUT2D eigenvalue weighted by Crippen LogP contribution is -2.45. The van der Waals surface area contributed by atoms with Crippen LogP contribution >= 0.6 is 22.9 Å². The van der Waals surface area contributed by atoms with Crippen LogP contribution in [-0.2, 0) is 6.54 Å². The van der Waals surface area contributed by atoms with E-state index in [1.807, 2.05) is 18.2 Å². The number of halogens is 1. The van der Waals surface area contributed by atoms with Crippen molar-refractivity contribution in [3.05, 3.63) is 63.2 Å². The van der Waals surface area contributed by atoms with Gasteiger partial charge in [-0.15, -0.1) is 0 Å². The van der Waals surface area contributed by atoms with Gasteiger partial charge in [0.15, 0.2) is 5.13 Å². The van der Waals surface area contributed by atoms with E-state index in [2.05, 4.69) is 20.9 Å². The highest BCUT2D eigenvalue weighted by molar-refractivity contribution is 7.22. The number of benzene rings is 2. The van der Waals surface area contributed by atoms with Gasteiger partial charge in [0.05, 0.1) is 15.1 Å². The van der Waals surface area contributed by atoms with Crippen LogP contribution in [0.25, 0.3) is 10.2 Å². The Labute approximate surface area is 159 Å². The van der Waals surface area contributed by atoms with E-state index in [1.165, 1.54) is 23.0 Å². The van der Waals surface area contributed by atoms with Crippen molar-refractivity contribution in [2.45, 2.75) is 6.54 Å². The maximum Gasteiger partial charge on any atom is 0.270 e. The summed E-state index contributed by atoms with van der Waals surface area (Å²) < 4.78 is 0.857. The first-order chi connectivity index (χ1) is 12.6. The van der Waals surface area contributed by atoms with Gasteiger partial charge < -0.3 is 4.90 Å². The summed E-state index contributed by atoms with van der Waals surface area (Å²) in [4.78, 5) is 19.9. The molecule has 0 aliphatic carbocycles. The number of aromatic nitrogens is 1. The lowest BCUT2D eigenvalue weighted by atomic mass is 10.2. The number of piperazine rings is 1. The summed E-state index contributed by atoms with van der Waals surface area (Å²) in [6.45, 7) is 4.57. The molecule has 0 amide bonds. The molecular weight excluding hydrogens is 372 g/mol. The summed E-state index contributed by atoms with van der Waals surface area (Å²) in [6.07, 6.45) is 0. The van der Waals surface area contributed by atoms with Crippen LogP contribution in [0.4, 0.5) is 10.8 Å². The summed E-state index contributed by atoms with van der Waals surface area (Å²) in [6, 6.07) is 12.8. The standard InChI is InChI=1S/C18H17ClN4O2S/c19-14-3-1-2-13(10-14)12-21-6-8-22(9-7-21)18-20-16-5-4-15(23(24)25)11-17(16)26-18/h1-5,10-11H,6-9,12H2. The number of nitrogens with zero attached hydrogens (tertiary/aromatic N) is 4. The minimum Gasteiger partial charge on any atom is -0.345 e. The quantitative estimate of drug-likeness (QED) is 0.495. The van der Waals surface area contributed by atoms with Crippen LogP contribution in [0.3, 0.4) is 0 Å². The van der Waals surface area contributed by atoms with Crippen molar-refractivity contribution < 1.29 is 4.92 Å². The molecule has 4 rings (SSSR count). The molecule has 3 aromatic rings. The van der Waals surface area contributed by atoms with Crippen molar-refractivity contribution in [3.63, 3.8) is 0 Å². The topological polar surface area (TPSA) is 62.5 Å². The zero-order valence-corrected chi connectivity index (χ0v) is 15.5. The number of fused-ring (bicyclic) bond motifs is 1. The fourth-order valence-electron chi connectivity index (χ4n) is 3.14. The third-order valence-corrected chi connectivity index (χ3v) is 5.82. The molecule has 6 nitrogen and oxygen atoms in total. The van der Waals surface area contributed by atoms with Crippen LogP contribution < -0.4 is 4.90 Å². The van der Waals surface area contributed by atoms with Crippen LogP contribution in [0.1, 0.15) is 5.56 Å². The van der Waals surface area contributed by atoms with Gasteiger partial charge in [-0.2, -0.15) is 0 Å². The van der Waals surface area contributed by atoms with Crippen LogP contribution in [0.5, 0.6) is 0 Å². The molecule has 1 aromatic heterocycles. The Kier molecular flexibility index (Phi) is 4.76. The summed E-state index contributed by atoms with van der Waals surface area (Å²) in [7, 11) is 0. The Hall–Kier alpha value is -2.22. The molecule has 1 fully saturated rings. The Morgan fingerprint density at radius 2 is 1.96 bits per heavy atom. The Morgan fingerprint density at radius 1 is 1.15 bits per heavy atom. The molecule has 0 bridgehead atoms. The third kappa shape index (κ3) is 3.65. The zero-order valence-electron chi connectivity index (χ0n) is 14.0. The zero-order chi connectivity index (χ0) is 18.1. The van der Waals surface area contributed by atoms with E-state index in [4.69, 9.17) is 11.6 Å². The van der Waals surface area contributed by atoms with Gasteiger partial charge in [-0.05, 0) is 23.8 Å². The van der Waals surface area contributed by atoms with Crippen molar-refractivity contribution in [1.29, 1.82) is 0 Å². The van der Waals surface area contributed by atoms with Gasteiger partial charge >= 0.3 is 0 Å². The average molecular weight is 389 g/mol. The fourth-order valence-corrected chi connectivity index (χ4v) is 4.40. The van der Waals surface area contributed by atoms with Crippen LogP contribution in [0.15, 0.2) is 42.5 Å². The van der Waals surface area contributed by atoms with Crippen LogP contribution in [0.2, 0.25) is 5.02 Å². The number of anilines is 1. The van der Waals surface area contributed by atoms with E-state index in [9.17, 15) is 10.1 Å². The smallest absolute Gasteiger partial charge is 0.270 e. The molecule has 8 heteroatoms. The first-order valence-corrected chi connectivity index (χ1v) is 9.55. The highest BCUT2D eigenvalue weighted by Crippen LogP contribution is 2.32. The lowest BCUT2D eigenvalue weighted by molar-refractivity contribution is -0.384. The van der Waals surface area contributed by atoms with Crippen molar-refractivity contribution in [3.8, 4) is 0 Å². The molecule has 0 saturated carbocycles. The maximum absolute atomic E-state index is 10.9. The number of hydrogen-bond acceptors (Lipinski definition) is 6. The number of non-ortho nitro benzene ring substituents is 1. The van der Waals surface area contributed by atoms with Crippen molar-refractivity contribution in [1.82, 2.24) is 9.88 Å². The predicted molar refractivity (Wildman–Crippen MR) is 105 cm³/mol. The summed E-state index contributed by atoms with van der Waals surface area (Å²) in [5.74, 6) is 0. The highest BCUT2D eigenvalue weighted by atomic mass is 35.5.